The number of benzene rings is 1. The fraction of sp³-hybridized carbons (Fsp3) is 0.500. The van der Waals surface area contributed by atoms with Gasteiger partial charge in [0.1, 0.15) is 5.75 Å². The average molecular weight is 393 g/mol. The van der Waals surface area contributed by atoms with E-state index in [0.29, 0.717) is 11.0 Å². The normalized spacial score (nSPS) is 16.3. The van der Waals surface area contributed by atoms with Gasteiger partial charge in [-0.05, 0) is 37.8 Å². The first-order valence-electron chi connectivity index (χ1n) is 8.76. The van der Waals surface area contributed by atoms with Crippen molar-refractivity contribution in [3.63, 3.8) is 0 Å². The van der Waals surface area contributed by atoms with Crippen LogP contribution >= 0.6 is 23.1 Å². The molecule has 1 N–H and O–H groups in total. The van der Waals surface area contributed by atoms with Gasteiger partial charge in [-0.3, -0.25) is 4.79 Å². The van der Waals surface area contributed by atoms with Crippen molar-refractivity contribution in [3.8, 4) is 5.75 Å². The summed E-state index contributed by atoms with van der Waals surface area (Å²) in [5.74, 6) is 1.66. The third kappa shape index (κ3) is 4.67. The number of nitrogens with one attached hydrogen (secondary N) is 1. The summed E-state index contributed by atoms with van der Waals surface area (Å²) < 4.78 is 6.12. The lowest BCUT2D eigenvalue weighted by Crippen LogP contribution is -2.41. The first-order valence-corrected chi connectivity index (χ1v) is 10.5. The number of methoxy groups -OCH3 is 1. The fourth-order valence-electron chi connectivity index (χ4n) is 2.86. The van der Waals surface area contributed by atoms with E-state index in [1.165, 1.54) is 23.1 Å². The highest BCUT2D eigenvalue weighted by Gasteiger charge is 2.26. The number of nitrogens with zero attached hydrogens (tertiary/aromatic N) is 3. The van der Waals surface area contributed by atoms with Gasteiger partial charge in [-0.1, -0.05) is 42.2 Å². The highest BCUT2D eigenvalue weighted by Crippen LogP contribution is 2.33. The number of carbonyl (C=O) groups is 1. The zero-order valence-corrected chi connectivity index (χ0v) is 16.9. The van der Waals surface area contributed by atoms with Crippen molar-refractivity contribution < 1.29 is 9.53 Å². The van der Waals surface area contributed by atoms with Crippen LogP contribution in [0.15, 0.2) is 28.6 Å². The fourth-order valence-corrected chi connectivity index (χ4v) is 4.85. The Morgan fingerprint density at radius 2 is 2.08 bits per heavy atom. The molecule has 3 rings (SSSR count). The van der Waals surface area contributed by atoms with Crippen LogP contribution in [0.2, 0.25) is 0 Å². The van der Waals surface area contributed by atoms with E-state index < -0.39 is 0 Å². The molecule has 1 aliphatic rings. The Kier molecular flexibility index (Phi) is 6.37. The molecule has 1 saturated heterocycles. The minimum Gasteiger partial charge on any atom is -0.495 e. The van der Waals surface area contributed by atoms with Crippen LogP contribution in [0.5, 0.6) is 5.75 Å². The monoisotopic (exact) mass is 392 g/mol. The van der Waals surface area contributed by atoms with Crippen molar-refractivity contribution in [1.29, 1.82) is 0 Å². The summed E-state index contributed by atoms with van der Waals surface area (Å²) in [6.07, 6.45) is 2.18. The number of piperidine rings is 1. The van der Waals surface area contributed by atoms with Crippen LogP contribution in [0.3, 0.4) is 0 Å². The molecule has 1 atom stereocenters. The number of thioether (sulfide) groups is 1. The maximum Gasteiger partial charge on any atom is 0.235 e. The molecule has 0 bridgehead atoms. The summed E-state index contributed by atoms with van der Waals surface area (Å²) in [6.45, 7) is 5.92. The molecule has 0 unspecified atom stereocenters. The topological polar surface area (TPSA) is 67.3 Å². The van der Waals surface area contributed by atoms with Crippen LogP contribution in [0, 0.1) is 5.92 Å². The third-order valence-electron chi connectivity index (χ3n) is 4.48. The Morgan fingerprint density at radius 3 is 2.81 bits per heavy atom. The molecule has 0 spiro atoms. The molecule has 8 heteroatoms. The third-order valence-corrected chi connectivity index (χ3v) is 6.49. The van der Waals surface area contributed by atoms with Gasteiger partial charge < -0.3 is 15.0 Å². The molecule has 0 saturated carbocycles. The summed E-state index contributed by atoms with van der Waals surface area (Å²) >= 11 is 2.91. The van der Waals surface area contributed by atoms with E-state index in [4.69, 9.17) is 4.74 Å². The van der Waals surface area contributed by atoms with E-state index in [9.17, 15) is 4.79 Å². The minimum absolute atomic E-state index is 0.157. The molecule has 6 nitrogen and oxygen atoms in total. The molecule has 2 heterocycles. The van der Waals surface area contributed by atoms with Crippen molar-refractivity contribution in [1.82, 2.24) is 15.1 Å². The Morgan fingerprint density at radius 1 is 1.35 bits per heavy atom. The van der Waals surface area contributed by atoms with Gasteiger partial charge in [0.15, 0.2) is 4.34 Å². The number of rotatable bonds is 6. The Labute approximate surface area is 162 Å². The summed E-state index contributed by atoms with van der Waals surface area (Å²) in [4.78, 5) is 14.6. The zero-order chi connectivity index (χ0) is 18.5. The average Bonchev–Trinajstić information content (AvgIpc) is 3.09. The second-order valence-electron chi connectivity index (χ2n) is 6.47. The van der Waals surface area contributed by atoms with Gasteiger partial charge in [0.2, 0.25) is 11.0 Å². The van der Waals surface area contributed by atoms with Crippen molar-refractivity contribution in [2.24, 2.45) is 5.92 Å². The quantitative estimate of drug-likeness (QED) is 0.749. The number of para-hydroxylation sites is 2. The van der Waals surface area contributed by atoms with E-state index in [2.05, 4.69) is 22.4 Å². The van der Waals surface area contributed by atoms with Crippen molar-refractivity contribution in [2.75, 3.05) is 25.5 Å². The molecule has 26 heavy (non-hydrogen) atoms. The molecule has 2 aromatic rings. The lowest BCUT2D eigenvalue weighted by molar-refractivity contribution is -0.131. The molecule has 1 fully saturated rings. The van der Waals surface area contributed by atoms with Crippen molar-refractivity contribution in [3.05, 3.63) is 24.3 Å². The number of likely N-dealkylation sites (tertiary alicyclic amines) is 1. The van der Waals surface area contributed by atoms with Crippen LogP contribution in [0.1, 0.15) is 26.7 Å². The molecule has 1 aliphatic heterocycles. The second kappa shape index (κ2) is 8.73. The number of hydrogen-bond acceptors (Lipinski definition) is 7. The van der Waals surface area contributed by atoms with Gasteiger partial charge in [-0.2, -0.15) is 0 Å². The maximum absolute atomic E-state index is 12.6. The summed E-state index contributed by atoms with van der Waals surface area (Å²) in [5.41, 5.74) is 0.842. The zero-order valence-electron chi connectivity index (χ0n) is 15.3. The highest BCUT2D eigenvalue weighted by atomic mass is 32.2. The maximum atomic E-state index is 12.6. The molecule has 0 aliphatic carbocycles. The van der Waals surface area contributed by atoms with E-state index in [1.54, 1.807) is 7.11 Å². The lowest BCUT2D eigenvalue weighted by Gasteiger charge is -2.31. The first kappa shape index (κ1) is 19.0. The van der Waals surface area contributed by atoms with Crippen LogP contribution in [0.4, 0.5) is 10.8 Å². The van der Waals surface area contributed by atoms with E-state index in [1.807, 2.05) is 36.1 Å². The largest absolute Gasteiger partial charge is 0.495 e. The van der Waals surface area contributed by atoms with Gasteiger partial charge in [-0.15, -0.1) is 10.2 Å². The summed E-state index contributed by atoms with van der Waals surface area (Å²) in [7, 11) is 1.64. The number of hydrogen-bond donors (Lipinski definition) is 1. The Hall–Kier alpha value is -1.80. The highest BCUT2D eigenvalue weighted by molar-refractivity contribution is 8.02. The first-order chi connectivity index (χ1) is 12.6. The van der Waals surface area contributed by atoms with Crippen molar-refractivity contribution >= 4 is 39.8 Å². The lowest BCUT2D eigenvalue weighted by atomic mass is 9.99. The standard InChI is InChI=1S/C18H24N4O2S2/c1-12-8-10-22(11-9-12)16(23)13(2)25-18-21-20-17(26-18)19-14-6-4-5-7-15(14)24-3/h4-7,12-13H,8-11H2,1-3H3,(H,19,20)/t13-/m1/s1. The van der Waals surface area contributed by atoms with Crippen molar-refractivity contribution in [2.45, 2.75) is 36.3 Å². The molecular formula is C18H24N4O2S2. The van der Waals surface area contributed by atoms with E-state index >= 15 is 0 Å². The smallest absolute Gasteiger partial charge is 0.235 e. The number of amides is 1. The molecular weight excluding hydrogens is 368 g/mol. The molecule has 1 amide bonds. The predicted octanol–water partition coefficient (Wildman–Crippen LogP) is 4.03. The van der Waals surface area contributed by atoms with E-state index in [-0.39, 0.29) is 11.2 Å². The molecule has 0 radical (unpaired) electrons. The second-order valence-corrected chi connectivity index (χ2v) is 9.03. The van der Waals surface area contributed by atoms with Crippen LogP contribution in [-0.4, -0.2) is 46.5 Å². The Balaban J connectivity index is 1.58. The van der Waals surface area contributed by atoms with Gasteiger partial charge >= 0.3 is 0 Å². The molecule has 140 valence electrons. The SMILES string of the molecule is COc1ccccc1Nc1nnc(S[C@H](C)C(=O)N2CCC(C)CC2)s1. The van der Waals surface area contributed by atoms with Crippen LogP contribution in [0.25, 0.3) is 0 Å². The van der Waals surface area contributed by atoms with Gasteiger partial charge in [0, 0.05) is 13.1 Å². The van der Waals surface area contributed by atoms with Crippen LogP contribution in [-0.2, 0) is 4.79 Å². The van der Waals surface area contributed by atoms with Gasteiger partial charge in [0.25, 0.3) is 0 Å². The Bertz CT molecular complexity index is 744. The van der Waals surface area contributed by atoms with Gasteiger partial charge in [0.05, 0.1) is 18.0 Å². The molecule has 1 aromatic carbocycles. The summed E-state index contributed by atoms with van der Waals surface area (Å²) in [5, 5.41) is 12.1. The van der Waals surface area contributed by atoms with E-state index in [0.717, 1.165) is 41.7 Å². The number of ether oxygens (including phenoxy) is 1. The number of aromatic nitrogens is 2. The molecule has 1 aromatic heterocycles. The number of carbonyl (C=O) groups excluding carboxylic acids is 1. The van der Waals surface area contributed by atoms with Gasteiger partial charge in [-0.25, -0.2) is 0 Å². The number of anilines is 2. The summed E-state index contributed by atoms with van der Waals surface area (Å²) in [6, 6.07) is 7.66. The minimum atomic E-state index is -0.157. The predicted molar refractivity (Wildman–Crippen MR) is 106 cm³/mol. The van der Waals surface area contributed by atoms with Crippen LogP contribution < -0.4 is 10.1 Å².